The van der Waals surface area contributed by atoms with Gasteiger partial charge in [-0.3, -0.25) is 4.79 Å². The van der Waals surface area contributed by atoms with Crippen molar-refractivity contribution in [2.24, 2.45) is 5.92 Å². The Hall–Kier alpha value is -0.220. The molecule has 0 fully saturated rings. The predicted molar refractivity (Wildman–Crippen MR) is 57.3 cm³/mol. The Kier molecular flexibility index (Phi) is 7.09. The number of hydrogen-bond acceptors (Lipinski definition) is 3. The molecule has 0 rings (SSSR count). The van der Waals surface area contributed by atoms with E-state index in [9.17, 15) is 4.79 Å². The molecule has 0 aromatic carbocycles. The number of nitrogens with one attached hydrogen (secondary N) is 1. The van der Waals surface area contributed by atoms with E-state index in [-0.39, 0.29) is 5.92 Å². The van der Waals surface area contributed by atoms with Crippen molar-refractivity contribution in [3.63, 3.8) is 0 Å². The third-order valence-corrected chi connectivity index (χ3v) is 2.65. The molecule has 4 heteroatoms. The Bertz CT molecular complexity index is 151. The quantitative estimate of drug-likeness (QED) is 0.617. The predicted octanol–water partition coefficient (Wildman–Crippen LogP) is 1.44. The Labute approximate surface area is 84.3 Å². The average molecular weight is 205 g/mol. The van der Waals surface area contributed by atoms with Crippen molar-refractivity contribution in [2.45, 2.75) is 26.8 Å². The largest absolute Gasteiger partial charge is 0.480 e. The molecule has 0 aliphatic rings. The van der Waals surface area contributed by atoms with Gasteiger partial charge in [0.2, 0.25) is 0 Å². The fraction of sp³-hybridized carbons (Fsp3) is 0.889. The van der Waals surface area contributed by atoms with Crippen LogP contribution in [0, 0.1) is 5.92 Å². The SMILES string of the molecule is CCSCCNC(C(=O)O)C(C)C. The molecule has 3 nitrogen and oxygen atoms in total. The van der Waals surface area contributed by atoms with E-state index in [4.69, 9.17) is 5.11 Å². The molecule has 0 heterocycles. The van der Waals surface area contributed by atoms with E-state index in [2.05, 4.69) is 12.2 Å². The summed E-state index contributed by atoms with van der Waals surface area (Å²) in [4.78, 5) is 10.7. The molecule has 0 aromatic rings. The van der Waals surface area contributed by atoms with Gasteiger partial charge in [-0.15, -0.1) is 0 Å². The molecule has 0 aliphatic carbocycles. The van der Waals surface area contributed by atoms with Crippen LogP contribution in [0.15, 0.2) is 0 Å². The first-order chi connectivity index (χ1) is 6.09. The van der Waals surface area contributed by atoms with Gasteiger partial charge in [0.05, 0.1) is 0 Å². The zero-order valence-electron chi connectivity index (χ0n) is 8.54. The first kappa shape index (κ1) is 12.8. The highest BCUT2D eigenvalue weighted by Gasteiger charge is 2.19. The smallest absolute Gasteiger partial charge is 0.320 e. The number of thioether (sulfide) groups is 1. The van der Waals surface area contributed by atoms with Crippen molar-refractivity contribution in [1.82, 2.24) is 5.32 Å². The minimum Gasteiger partial charge on any atom is -0.480 e. The second kappa shape index (κ2) is 7.21. The maximum absolute atomic E-state index is 10.7. The van der Waals surface area contributed by atoms with Crippen LogP contribution in [-0.4, -0.2) is 35.2 Å². The zero-order chi connectivity index (χ0) is 10.3. The van der Waals surface area contributed by atoms with Crippen LogP contribution in [0.4, 0.5) is 0 Å². The summed E-state index contributed by atoms with van der Waals surface area (Å²) in [5, 5.41) is 11.9. The van der Waals surface area contributed by atoms with Gasteiger partial charge in [-0.05, 0) is 11.7 Å². The number of aliphatic carboxylic acids is 1. The summed E-state index contributed by atoms with van der Waals surface area (Å²) in [6, 6.07) is -0.405. The second-order valence-electron chi connectivity index (χ2n) is 3.21. The lowest BCUT2D eigenvalue weighted by molar-refractivity contribution is -0.140. The number of hydrogen-bond donors (Lipinski definition) is 2. The van der Waals surface area contributed by atoms with E-state index in [0.29, 0.717) is 0 Å². The highest BCUT2D eigenvalue weighted by molar-refractivity contribution is 7.99. The van der Waals surface area contributed by atoms with Crippen LogP contribution in [0.25, 0.3) is 0 Å². The summed E-state index contributed by atoms with van der Waals surface area (Å²) in [6.07, 6.45) is 0. The Balaban J connectivity index is 3.64. The van der Waals surface area contributed by atoms with Gasteiger partial charge in [-0.2, -0.15) is 11.8 Å². The third-order valence-electron chi connectivity index (χ3n) is 1.75. The molecular formula is C9H19NO2S. The molecule has 0 amide bonds. The fourth-order valence-electron chi connectivity index (χ4n) is 1.04. The molecule has 78 valence electrons. The Morgan fingerprint density at radius 2 is 2.15 bits per heavy atom. The van der Waals surface area contributed by atoms with Gasteiger partial charge in [0.15, 0.2) is 0 Å². The summed E-state index contributed by atoms with van der Waals surface area (Å²) in [5.74, 6) is 1.45. The molecular weight excluding hydrogens is 186 g/mol. The number of carboxylic acids is 1. The first-order valence-corrected chi connectivity index (χ1v) is 5.79. The molecule has 0 spiro atoms. The van der Waals surface area contributed by atoms with Crippen LogP contribution in [0.2, 0.25) is 0 Å². The third kappa shape index (κ3) is 5.93. The van der Waals surface area contributed by atoms with Gasteiger partial charge in [0, 0.05) is 12.3 Å². The van der Waals surface area contributed by atoms with Crippen LogP contribution in [0.1, 0.15) is 20.8 Å². The van der Waals surface area contributed by atoms with Crippen molar-refractivity contribution in [3.8, 4) is 0 Å². The maximum atomic E-state index is 10.7. The lowest BCUT2D eigenvalue weighted by Crippen LogP contribution is -2.41. The molecule has 0 aliphatic heterocycles. The highest BCUT2D eigenvalue weighted by Crippen LogP contribution is 2.02. The highest BCUT2D eigenvalue weighted by atomic mass is 32.2. The van der Waals surface area contributed by atoms with E-state index in [0.717, 1.165) is 18.1 Å². The zero-order valence-corrected chi connectivity index (χ0v) is 9.36. The minimum absolute atomic E-state index is 0.143. The summed E-state index contributed by atoms with van der Waals surface area (Å²) in [6.45, 7) is 6.70. The summed E-state index contributed by atoms with van der Waals surface area (Å²) in [5.41, 5.74) is 0. The van der Waals surface area contributed by atoms with Gasteiger partial charge in [0.1, 0.15) is 6.04 Å². The summed E-state index contributed by atoms with van der Waals surface area (Å²) < 4.78 is 0. The van der Waals surface area contributed by atoms with Gasteiger partial charge in [-0.1, -0.05) is 20.8 Å². The molecule has 2 N–H and O–H groups in total. The molecule has 0 bridgehead atoms. The molecule has 0 saturated carbocycles. The molecule has 13 heavy (non-hydrogen) atoms. The second-order valence-corrected chi connectivity index (χ2v) is 4.60. The Morgan fingerprint density at radius 1 is 1.54 bits per heavy atom. The maximum Gasteiger partial charge on any atom is 0.320 e. The number of carbonyl (C=O) groups is 1. The van der Waals surface area contributed by atoms with Crippen molar-refractivity contribution in [3.05, 3.63) is 0 Å². The van der Waals surface area contributed by atoms with Crippen LogP contribution >= 0.6 is 11.8 Å². The van der Waals surface area contributed by atoms with Crippen LogP contribution in [-0.2, 0) is 4.79 Å². The standard InChI is InChI=1S/C9H19NO2S/c1-4-13-6-5-10-8(7(2)3)9(11)12/h7-8,10H,4-6H2,1-3H3,(H,11,12). The van der Waals surface area contributed by atoms with E-state index in [1.807, 2.05) is 25.6 Å². The van der Waals surface area contributed by atoms with E-state index >= 15 is 0 Å². The monoisotopic (exact) mass is 205 g/mol. The summed E-state index contributed by atoms with van der Waals surface area (Å²) in [7, 11) is 0. The topological polar surface area (TPSA) is 49.3 Å². The van der Waals surface area contributed by atoms with Crippen molar-refractivity contribution in [1.29, 1.82) is 0 Å². The van der Waals surface area contributed by atoms with Gasteiger partial charge in [0.25, 0.3) is 0 Å². The molecule has 0 aromatic heterocycles. The minimum atomic E-state index is -0.753. The lowest BCUT2D eigenvalue weighted by Gasteiger charge is -2.17. The van der Waals surface area contributed by atoms with Crippen molar-refractivity contribution >= 4 is 17.7 Å². The van der Waals surface area contributed by atoms with Crippen molar-refractivity contribution < 1.29 is 9.90 Å². The van der Waals surface area contributed by atoms with E-state index in [1.165, 1.54) is 0 Å². The fourth-order valence-corrected chi connectivity index (χ4v) is 1.59. The van der Waals surface area contributed by atoms with Crippen LogP contribution < -0.4 is 5.32 Å². The normalized spacial score (nSPS) is 13.2. The van der Waals surface area contributed by atoms with Crippen LogP contribution in [0.3, 0.4) is 0 Å². The van der Waals surface area contributed by atoms with Gasteiger partial charge in [-0.25, -0.2) is 0 Å². The van der Waals surface area contributed by atoms with Gasteiger partial charge < -0.3 is 10.4 Å². The molecule has 0 radical (unpaired) electrons. The van der Waals surface area contributed by atoms with Crippen molar-refractivity contribution in [2.75, 3.05) is 18.1 Å². The average Bonchev–Trinajstić information content (AvgIpc) is 2.02. The summed E-state index contributed by atoms with van der Waals surface area (Å²) >= 11 is 1.82. The van der Waals surface area contributed by atoms with Crippen LogP contribution in [0.5, 0.6) is 0 Å². The molecule has 1 atom stereocenters. The number of carboxylic acid groups (broad SMARTS) is 1. The lowest BCUT2D eigenvalue weighted by atomic mass is 10.1. The van der Waals surface area contributed by atoms with E-state index in [1.54, 1.807) is 0 Å². The molecule has 1 unspecified atom stereocenters. The van der Waals surface area contributed by atoms with Gasteiger partial charge >= 0.3 is 5.97 Å². The van der Waals surface area contributed by atoms with E-state index < -0.39 is 12.0 Å². The first-order valence-electron chi connectivity index (χ1n) is 4.63. The molecule has 0 saturated heterocycles. The Morgan fingerprint density at radius 3 is 2.54 bits per heavy atom. The number of rotatable bonds is 7.